The predicted molar refractivity (Wildman–Crippen MR) is 141 cm³/mol. The molecule has 5 rings (SSSR count). The average molecular weight is 454 g/mol. The zero-order chi connectivity index (χ0) is 23.2. The molecule has 2 saturated heterocycles. The summed E-state index contributed by atoms with van der Waals surface area (Å²) in [5.74, 6) is 5.54. The van der Waals surface area contributed by atoms with Gasteiger partial charge in [0.1, 0.15) is 0 Å². The Morgan fingerprint density at radius 3 is 2.44 bits per heavy atom. The Bertz CT molecular complexity index is 842. The van der Waals surface area contributed by atoms with E-state index in [4.69, 9.17) is 19.2 Å². The summed E-state index contributed by atoms with van der Waals surface area (Å²) in [5.41, 5.74) is 4.82. The molecule has 3 aliphatic carbocycles. The fourth-order valence-electron chi connectivity index (χ4n) is 9.72. The van der Waals surface area contributed by atoms with Gasteiger partial charge in [-0.05, 0) is 98.2 Å². The first kappa shape index (κ1) is 23.3. The summed E-state index contributed by atoms with van der Waals surface area (Å²) >= 11 is 5.49. The molecule has 0 bridgehead atoms. The van der Waals surface area contributed by atoms with Crippen molar-refractivity contribution in [1.82, 2.24) is 4.90 Å². The van der Waals surface area contributed by atoms with Crippen LogP contribution < -0.4 is 0 Å². The molecule has 178 valence electrons. The lowest BCUT2D eigenvalue weighted by atomic mass is 9.44. The molecule has 11 unspecified atom stereocenters. The van der Waals surface area contributed by atoms with Crippen LogP contribution in [0.4, 0.5) is 0 Å². The quantitative estimate of drug-likeness (QED) is 0.290. The van der Waals surface area contributed by atoms with Gasteiger partial charge in [-0.2, -0.15) is 12.6 Å². The first-order valence-corrected chi connectivity index (χ1v) is 13.9. The summed E-state index contributed by atoms with van der Waals surface area (Å²) in [4.78, 5) is 3.03. The number of rotatable bonds is 0. The van der Waals surface area contributed by atoms with Crippen molar-refractivity contribution in [2.45, 2.75) is 91.0 Å². The van der Waals surface area contributed by atoms with Gasteiger partial charge in [-0.1, -0.05) is 70.6 Å². The number of allylic oxidation sites excluding steroid dienone is 4. The molecular formula is C30H47NS. The minimum atomic E-state index is 0.0886. The molecule has 0 aromatic rings. The Morgan fingerprint density at radius 2 is 1.72 bits per heavy atom. The van der Waals surface area contributed by atoms with Crippen molar-refractivity contribution in [1.29, 1.82) is 0 Å². The molecule has 2 aliphatic heterocycles. The van der Waals surface area contributed by atoms with E-state index in [0.29, 0.717) is 35.1 Å². The molecule has 2 heteroatoms. The van der Waals surface area contributed by atoms with Crippen molar-refractivity contribution >= 4 is 12.6 Å². The number of thiol groups is 1. The zero-order valence-electron chi connectivity index (χ0n) is 21.5. The van der Waals surface area contributed by atoms with Gasteiger partial charge in [0.15, 0.2) is 0 Å². The number of hydrogen-bond donors (Lipinski definition) is 1. The smallest absolute Gasteiger partial charge is 0.0645 e. The molecule has 32 heavy (non-hydrogen) atoms. The molecule has 0 spiro atoms. The summed E-state index contributed by atoms with van der Waals surface area (Å²) in [5, 5.41) is 0. The van der Waals surface area contributed by atoms with E-state index in [-0.39, 0.29) is 4.87 Å². The van der Waals surface area contributed by atoms with E-state index >= 15 is 0 Å². The van der Waals surface area contributed by atoms with Crippen LogP contribution in [-0.2, 0) is 0 Å². The van der Waals surface area contributed by atoms with Crippen LogP contribution in [0.25, 0.3) is 0 Å². The molecule has 0 radical (unpaired) electrons. The second kappa shape index (κ2) is 7.77. The van der Waals surface area contributed by atoms with E-state index in [9.17, 15) is 0 Å². The molecule has 2 saturated carbocycles. The molecule has 0 aromatic heterocycles. The predicted octanol–water partition coefficient (Wildman–Crippen LogP) is 7.77. The fraction of sp³-hybridized carbons (Fsp3) is 0.800. The van der Waals surface area contributed by atoms with E-state index in [0.717, 1.165) is 23.7 Å². The van der Waals surface area contributed by atoms with Crippen LogP contribution in [0.3, 0.4) is 0 Å². The van der Waals surface area contributed by atoms with Crippen LogP contribution in [0.1, 0.15) is 80.1 Å². The summed E-state index contributed by atoms with van der Waals surface area (Å²) in [6, 6.07) is 0.652. The molecular weight excluding hydrogens is 406 g/mol. The molecule has 1 nitrogen and oxygen atoms in total. The fourth-order valence-corrected chi connectivity index (χ4v) is 10.4. The Morgan fingerprint density at radius 1 is 1.00 bits per heavy atom. The Balaban J connectivity index is 1.56. The van der Waals surface area contributed by atoms with Crippen LogP contribution in [0, 0.1) is 52.8 Å². The van der Waals surface area contributed by atoms with Gasteiger partial charge < -0.3 is 0 Å². The van der Waals surface area contributed by atoms with E-state index < -0.39 is 0 Å². The van der Waals surface area contributed by atoms with Gasteiger partial charge in [0, 0.05) is 12.6 Å². The van der Waals surface area contributed by atoms with Gasteiger partial charge in [-0.15, -0.1) is 0 Å². The van der Waals surface area contributed by atoms with Crippen molar-refractivity contribution in [2.75, 3.05) is 6.54 Å². The Kier molecular flexibility index (Phi) is 5.65. The molecule has 4 fully saturated rings. The molecule has 11 atom stereocenters. The number of nitrogens with zero attached hydrogens (tertiary/aromatic N) is 1. The minimum Gasteiger partial charge on any atom is -0.285 e. The second-order valence-electron chi connectivity index (χ2n) is 13.3. The van der Waals surface area contributed by atoms with Gasteiger partial charge in [0.05, 0.1) is 4.87 Å². The van der Waals surface area contributed by atoms with E-state index in [1.807, 2.05) is 0 Å². The number of piperidine rings is 1. The van der Waals surface area contributed by atoms with Gasteiger partial charge in [0.25, 0.3) is 0 Å². The summed E-state index contributed by atoms with van der Waals surface area (Å²) in [6.45, 7) is 25.5. The highest BCUT2D eigenvalue weighted by atomic mass is 32.1. The lowest BCUT2D eigenvalue weighted by molar-refractivity contribution is -0.135. The Labute approximate surface area is 203 Å². The largest absolute Gasteiger partial charge is 0.285 e. The van der Waals surface area contributed by atoms with Gasteiger partial charge in [-0.3, -0.25) is 4.90 Å². The van der Waals surface area contributed by atoms with Gasteiger partial charge >= 0.3 is 0 Å². The summed E-state index contributed by atoms with van der Waals surface area (Å²) in [7, 11) is 0. The van der Waals surface area contributed by atoms with Crippen molar-refractivity contribution in [3.63, 3.8) is 0 Å². The molecule has 2 heterocycles. The van der Waals surface area contributed by atoms with Crippen molar-refractivity contribution in [3.05, 3.63) is 36.0 Å². The maximum absolute atomic E-state index is 5.49. The normalized spacial score (nSPS) is 54.0. The lowest BCUT2D eigenvalue weighted by Gasteiger charge is -2.66. The van der Waals surface area contributed by atoms with Crippen LogP contribution in [-0.4, -0.2) is 22.4 Å². The maximum Gasteiger partial charge on any atom is 0.0645 e. The lowest BCUT2D eigenvalue weighted by Crippen LogP contribution is -2.67. The molecule has 5 aliphatic rings. The topological polar surface area (TPSA) is 3.24 Å². The standard InChI is InChI=1S/C30H47NS/c1-17-12-20(4)27-21(5)22(6)28-23(7)29(8)9-10-30(32)15-18(2)11-19(3)16-31(30)26(29)14-25(28)24(27)13-17/h12,18-19,21,23-28,32H,4,6,9-11,13-16H2,1-3,5,7-8H3. The zero-order valence-corrected chi connectivity index (χ0v) is 22.4. The highest BCUT2D eigenvalue weighted by Crippen LogP contribution is 2.65. The van der Waals surface area contributed by atoms with Gasteiger partial charge in [-0.25, -0.2) is 0 Å². The molecule has 0 aromatic carbocycles. The molecule has 0 amide bonds. The third-order valence-electron chi connectivity index (χ3n) is 11.2. The van der Waals surface area contributed by atoms with Crippen molar-refractivity contribution in [3.8, 4) is 0 Å². The van der Waals surface area contributed by atoms with Crippen LogP contribution in [0.5, 0.6) is 0 Å². The van der Waals surface area contributed by atoms with Crippen molar-refractivity contribution < 1.29 is 0 Å². The van der Waals surface area contributed by atoms with Crippen LogP contribution in [0.2, 0.25) is 0 Å². The summed E-state index contributed by atoms with van der Waals surface area (Å²) < 4.78 is 0. The average Bonchev–Trinajstić information content (AvgIpc) is 2.81. The van der Waals surface area contributed by atoms with Gasteiger partial charge in [0.2, 0.25) is 0 Å². The first-order chi connectivity index (χ1) is 15.0. The number of fused-ring (bicyclic) bond motifs is 6. The second-order valence-corrected chi connectivity index (χ2v) is 14.2. The first-order valence-electron chi connectivity index (χ1n) is 13.5. The number of hydrogen-bond acceptors (Lipinski definition) is 2. The van der Waals surface area contributed by atoms with E-state index in [2.05, 4.69) is 59.1 Å². The van der Waals surface area contributed by atoms with Crippen molar-refractivity contribution in [2.24, 2.45) is 52.8 Å². The highest BCUT2D eigenvalue weighted by molar-refractivity contribution is 7.81. The van der Waals surface area contributed by atoms with E-state index in [1.165, 1.54) is 56.2 Å². The Hall–Kier alpha value is -0.470. The third-order valence-corrected chi connectivity index (χ3v) is 11.9. The minimum absolute atomic E-state index is 0.0886. The molecule has 0 N–H and O–H groups in total. The van der Waals surface area contributed by atoms with Crippen LogP contribution >= 0.6 is 12.6 Å². The highest BCUT2D eigenvalue weighted by Gasteiger charge is 2.62. The maximum atomic E-state index is 5.49. The van der Waals surface area contributed by atoms with E-state index in [1.54, 1.807) is 5.57 Å². The van der Waals surface area contributed by atoms with Crippen LogP contribution in [0.15, 0.2) is 36.0 Å². The monoisotopic (exact) mass is 453 g/mol. The SMILES string of the molecule is C=C1C=C(C)CC2C3CC4N5CC(C)CC(C)CC5(S)CCC4(C)C(C)C3C(=C)C(C)C12. The third kappa shape index (κ3) is 3.29. The summed E-state index contributed by atoms with van der Waals surface area (Å²) in [6.07, 6.45) is 10.2.